The highest BCUT2D eigenvalue weighted by molar-refractivity contribution is 5.89. The molecule has 1 aromatic carbocycles. The summed E-state index contributed by atoms with van der Waals surface area (Å²) < 4.78 is 11.3. The maximum absolute atomic E-state index is 12.5. The van der Waals surface area contributed by atoms with Gasteiger partial charge in [0.05, 0.1) is 11.5 Å². The highest BCUT2D eigenvalue weighted by Gasteiger charge is 2.50. The number of carbonyl (C=O) groups excluding carboxylic acids is 1. The average molecular weight is 327 g/mol. The molecule has 6 heteroatoms. The molecule has 2 aliphatic rings. The number of ether oxygens (including phenoxy) is 1. The van der Waals surface area contributed by atoms with Gasteiger partial charge in [0.2, 0.25) is 5.89 Å². The van der Waals surface area contributed by atoms with Crippen molar-refractivity contribution in [3.8, 4) is 0 Å². The molecule has 1 aromatic heterocycles. The topological polar surface area (TPSA) is 68.5 Å². The van der Waals surface area contributed by atoms with Crippen molar-refractivity contribution in [2.45, 2.75) is 50.3 Å². The lowest BCUT2D eigenvalue weighted by Gasteiger charge is -2.40. The Morgan fingerprint density at radius 2 is 2.08 bits per heavy atom. The summed E-state index contributed by atoms with van der Waals surface area (Å²) in [6.07, 6.45) is 2.75. The molecule has 2 aliphatic heterocycles. The predicted octanol–water partition coefficient (Wildman–Crippen LogP) is 2.55. The molecule has 3 heterocycles. The first-order valence-electron chi connectivity index (χ1n) is 8.41. The second-order valence-electron chi connectivity index (χ2n) is 6.72. The number of piperidine rings is 1. The average Bonchev–Trinajstić information content (AvgIpc) is 3.10. The van der Waals surface area contributed by atoms with Gasteiger partial charge in [-0.1, -0.05) is 23.4 Å². The molecule has 0 amide bonds. The second-order valence-corrected chi connectivity index (χ2v) is 6.72. The van der Waals surface area contributed by atoms with E-state index < -0.39 is 0 Å². The number of aromatic nitrogens is 2. The zero-order valence-corrected chi connectivity index (χ0v) is 13.9. The summed E-state index contributed by atoms with van der Waals surface area (Å²) >= 11 is 0. The molecule has 0 radical (unpaired) electrons. The summed E-state index contributed by atoms with van der Waals surface area (Å²) in [6.45, 7) is 1.81. The Labute approximate surface area is 140 Å². The van der Waals surface area contributed by atoms with Crippen LogP contribution in [-0.2, 0) is 4.74 Å². The lowest BCUT2D eigenvalue weighted by atomic mass is 9.87. The van der Waals surface area contributed by atoms with Gasteiger partial charge < -0.3 is 9.26 Å². The number of nitrogens with zero attached hydrogens (tertiary/aromatic N) is 3. The first kappa shape index (κ1) is 15.3. The third kappa shape index (κ3) is 2.60. The molecule has 2 fully saturated rings. The number of carbonyl (C=O) groups is 1. The minimum atomic E-state index is -0.286. The second kappa shape index (κ2) is 6.02. The molecule has 2 aromatic rings. The Morgan fingerprint density at radius 3 is 2.79 bits per heavy atom. The highest BCUT2D eigenvalue weighted by atomic mass is 16.5. The fraction of sp³-hybridized carbons (Fsp3) is 0.500. The summed E-state index contributed by atoms with van der Waals surface area (Å²) in [5.41, 5.74) is 0.573. The van der Waals surface area contributed by atoms with Crippen LogP contribution in [-0.4, -0.2) is 46.2 Å². The molecule has 6 nitrogen and oxygen atoms in total. The largest absolute Gasteiger partial charge is 0.458 e. The van der Waals surface area contributed by atoms with Crippen LogP contribution in [0.5, 0.6) is 0 Å². The van der Waals surface area contributed by atoms with Gasteiger partial charge in [-0.15, -0.1) is 0 Å². The van der Waals surface area contributed by atoms with Gasteiger partial charge in [0.25, 0.3) is 0 Å². The number of esters is 1. The van der Waals surface area contributed by atoms with Gasteiger partial charge in [-0.3, -0.25) is 4.90 Å². The van der Waals surface area contributed by atoms with Crippen LogP contribution in [0, 0.1) is 6.92 Å². The Balaban J connectivity index is 1.61. The Hall–Kier alpha value is -2.21. The molecule has 2 saturated heterocycles. The van der Waals surface area contributed by atoms with Gasteiger partial charge in [-0.05, 0) is 38.9 Å². The normalized spacial score (nSPS) is 29.6. The van der Waals surface area contributed by atoms with Gasteiger partial charge in [0.15, 0.2) is 5.82 Å². The zero-order valence-electron chi connectivity index (χ0n) is 13.9. The Morgan fingerprint density at radius 1 is 1.29 bits per heavy atom. The van der Waals surface area contributed by atoms with Crippen molar-refractivity contribution in [3.63, 3.8) is 0 Å². The fourth-order valence-electron chi connectivity index (χ4n) is 4.09. The summed E-state index contributed by atoms with van der Waals surface area (Å²) in [4.78, 5) is 19.3. The van der Waals surface area contributed by atoms with Crippen molar-refractivity contribution in [2.75, 3.05) is 7.05 Å². The minimum Gasteiger partial charge on any atom is -0.458 e. The SMILES string of the molecule is Cc1noc(C2C3CCC(C[C@@H]2OC(=O)c2ccccc2)N3C)n1. The molecule has 126 valence electrons. The molecule has 4 atom stereocenters. The number of hydrogen-bond donors (Lipinski definition) is 0. The van der Waals surface area contributed by atoms with Crippen molar-refractivity contribution in [1.29, 1.82) is 0 Å². The monoisotopic (exact) mass is 327 g/mol. The van der Waals surface area contributed by atoms with E-state index in [0.717, 1.165) is 19.3 Å². The van der Waals surface area contributed by atoms with Gasteiger partial charge in [0, 0.05) is 18.5 Å². The van der Waals surface area contributed by atoms with Crippen LogP contribution >= 0.6 is 0 Å². The number of aryl methyl sites for hydroxylation is 1. The predicted molar refractivity (Wildman–Crippen MR) is 86.6 cm³/mol. The molecular formula is C18H21N3O3. The van der Waals surface area contributed by atoms with Crippen LogP contribution in [0.4, 0.5) is 0 Å². The van der Waals surface area contributed by atoms with E-state index >= 15 is 0 Å². The molecule has 0 aliphatic carbocycles. The van der Waals surface area contributed by atoms with Crippen LogP contribution < -0.4 is 0 Å². The fourth-order valence-corrected chi connectivity index (χ4v) is 4.09. The van der Waals surface area contributed by atoms with Crippen molar-refractivity contribution in [3.05, 3.63) is 47.6 Å². The molecule has 0 saturated carbocycles. The van der Waals surface area contributed by atoms with E-state index in [1.165, 1.54) is 0 Å². The van der Waals surface area contributed by atoms with Gasteiger partial charge in [0.1, 0.15) is 6.10 Å². The smallest absolute Gasteiger partial charge is 0.338 e. The van der Waals surface area contributed by atoms with Crippen molar-refractivity contribution < 1.29 is 14.1 Å². The number of benzene rings is 1. The van der Waals surface area contributed by atoms with Crippen LogP contribution in [0.3, 0.4) is 0 Å². The maximum Gasteiger partial charge on any atom is 0.338 e. The molecule has 24 heavy (non-hydrogen) atoms. The Bertz CT molecular complexity index is 730. The molecule has 0 N–H and O–H groups in total. The lowest BCUT2D eigenvalue weighted by molar-refractivity contribution is -0.0187. The molecular weight excluding hydrogens is 306 g/mol. The van der Waals surface area contributed by atoms with Crippen molar-refractivity contribution >= 4 is 5.97 Å². The van der Waals surface area contributed by atoms with Crippen LogP contribution in [0.15, 0.2) is 34.9 Å². The molecule has 2 bridgehead atoms. The van der Waals surface area contributed by atoms with E-state index in [4.69, 9.17) is 9.26 Å². The van der Waals surface area contributed by atoms with E-state index in [-0.39, 0.29) is 24.0 Å². The first-order chi connectivity index (χ1) is 11.6. The number of fused-ring (bicyclic) bond motifs is 2. The molecule has 3 unspecified atom stereocenters. The van der Waals surface area contributed by atoms with E-state index in [1.54, 1.807) is 12.1 Å². The van der Waals surface area contributed by atoms with Crippen LogP contribution in [0.1, 0.15) is 47.3 Å². The lowest BCUT2D eigenvalue weighted by Crippen LogP contribution is -2.49. The first-order valence-corrected chi connectivity index (χ1v) is 8.41. The minimum absolute atomic E-state index is 0.0670. The summed E-state index contributed by atoms with van der Waals surface area (Å²) in [7, 11) is 2.13. The standard InChI is InChI=1S/C18H21N3O3/c1-11-19-17(24-20-11)16-14-9-8-13(21(14)2)10-15(16)23-18(22)12-6-4-3-5-7-12/h3-7,13-16H,8-10H2,1-2H3/t13?,14?,15-,16?/m0/s1. The molecule has 0 spiro atoms. The summed E-state index contributed by atoms with van der Waals surface area (Å²) in [5, 5.41) is 3.93. The van der Waals surface area contributed by atoms with Crippen LogP contribution in [0.2, 0.25) is 0 Å². The summed E-state index contributed by atoms with van der Waals surface area (Å²) in [5.74, 6) is 0.838. The van der Waals surface area contributed by atoms with E-state index in [9.17, 15) is 4.79 Å². The number of hydrogen-bond acceptors (Lipinski definition) is 6. The van der Waals surface area contributed by atoms with Crippen molar-refractivity contribution in [1.82, 2.24) is 15.0 Å². The van der Waals surface area contributed by atoms with Gasteiger partial charge in [-0.2, -0.15) is 4.98 Å². The number of rotatable bonds is 3. The zero-order chi connectivity index (χ0) is 16.7. The van der Waals surface area contributed by atoms with E-state index in [2.05, 4.69) is 22.1 Å². The third-order valence-corrected chi connectivity index (χ3v) is 5.31. The van der Waals surface area contributed by atoms with Gasteiger partial charge >= 0.3 is 5.97 Å². The third-order valence-electron chi connectivity index (χ3n) is 5.31. The quantitative estimate of drug-likeness (QED) is 0.807. The highest BCUT2D eigenvalue weighted by Crippen LogP contribution is 2.44. The Kier molecular flexibility index (Phi) is 3.84. The van der Waals surface area contributed by atoms with Crippen LogP contribution in [0.25, 0.3) is 0 Å². The van der Waals surface area contributed by atoms with E-state index in [1.807, 2.05) is 25.1 Å². The number of likely N-dealkylation sites (N-methyl/N-ethyl adjacent to an activating group) is 1. The van der Waals surface area contributed by atoms with E-state index in [0.29, 0.717) is 23.3 Å². The maximum atomic E-state index is 12.5. The van der Waals surface area contributed by atoms with Gasteiger partial charge in [-0.25, -0.2) is 4.79 Å². The summed E-state index contributed by atoms with van der Waals surface area (Å²) in [6, 6.07) is 9.84. The van der Waals surface area contributed by atoms with Crippen molar-refractivity contribution in [2.24, 2.45) is 0 Å². The molecule has 4 rings (SSSR count).